The van der Waals surface area contributed by atoms with Gasteiger partial charge in [-0.3, -0.25) is 4.72 Å². The van der Waals surface area contributed by atoms with Gasteiger partial charge in [-0.25, -0.2) is 0 Å². The van der Waals surface area contributed by atoms with Gasteiger partial charge in [0.2, 0.25) is 0 Å². The molecular weight excluding hydrogens is 262 g/mol. The number of anilines is 1. The van der Waals surface area contributed by atoms with Crippen LogP contribution in [0.15, 0.2) is 18.2 Å². The van der Waals surface area contributed by atoms with Crippen molar-refractivity contribution < 1.29 is 8.42 Å². The maximum absolute atomic E-state index is 11.9. The van der Waals surface area contributed by atoms with E-state index in [1.54, 1.807) is 6.07 Å². The van der Waals surface area contributed by atoms with Crippen LogP contribution in [-0.4, -0.2) is 21.0 Å². The van der Waals surface area contributed by atoms with E-state index in [0.717, 1.165) is 18.4 Å². The van der Waals surface area contributed by atoms with Crippen molar-refractivity contribution in [1.82, 2.24) is 4.72 Å². The minimum Gasteiger partial charge on any atom is -0.320 e. The summed E-state index contributed by atoms with van der Waals surface area (Å²) in [6.07, 6.45) is 1.79. The first-order chi connectivity index (χ1) is 9.00. The van der Waals surface area contributed by atoms with Crippen LogP contribution in [0.4, 0.5) is 5.69 Å². The molecule has 1 aromatic carbocycles. The lowest BCUT2D eigenvalue weighted by Gasteiger charge is -2.11. The molecule has 1 aliphatic carbocycles. The second-order valence-corrected chi connectivity index (χ2v) is 6.00. The van der Waals surface area contributed by atoms with Crippen LogP contribution in [0.3, 0.4) is 0 Å². The first kappa shape index (κ1) is 13.9. The van der Waals surface area contributed by atoms with Crippen LogP contribution in [0, 0.1) is 18.8 Å². The van der Waals surface area contributed by atoms with Crippen LogP contribution in [0.1, 0.15) is 24.0 Å². The van der Waals surface area contributed by atoms with Crippen LogP contribution >= 0.6 is 0 Å². The van der Waals surface area contributed by atoms with Gasteiger partial charge in [0.25, 0.3) is 10.2 Å². The molecule has 6 heteroatoms. The molecule has 5 nitrogen and oxygen atoms in total. The van der Waals surface area contributed by atoms with Crippen molar-refractivity contribution >= 4 is 15.9 Å². The van der Waals surface area contributed by atoms with Crippen molar-refractivity contribution in [2.45, 2.75) is 25.8 Å². The normalized spacial score (nSPS) is 14.6. The molecule has 1 fully saturated rings. The van der Waals surface area contributed by atoms with Crippen molar-refractivity contribution in [3.63, 3.8) is 0 Å². The molecule has 0 atom stereocenters. The van der Waals surface area contributed by atoms with E-state index in [1.807, 2.05) is 19.1 Å². The van der Waals surface area contributed by atoms with Gasteiger partial charge in [0.05, 0.1) is 12.2 Å². The largest absolute Gasteiger partial charge is 0.320 e. The summed E-state index contributed by atoms with van der Waals surface area (Å²) < 4.78 is 28.8. The molecule has 1 aliphatic rings. The first-order valence-corrected chi connectivity index (χ1v) is 7.58. The van der Waals surface area contributed by atoms with Crippen LogP contribution in [-0.2, 0) is 10.2 Å². The van der Waals surface area contributed by atoms with Crippen molar-refractivity contribution in [3.8, 4) is 11.8 Å². The van der Waals surface area contributed by atoms with E-state index in [2.05, 4.69) is 21.3 Å². The molecule has 0 amide bonds. The van der Waals surface area contributed by atoms with Gasteiger partial charge in [-0.05, 0) is 37.5 Å². The van der Waals surface area contributed by atoms with Crippen LogP contribution in [0.5, 0.6) is 0 Å². The lowest BCUT2D eigenvalue weighted by Crippen LogP contribution is -2.32. The van der Waals surface area contributed by atoms with E-state index < -0.39 is 10.2 Å². The summed E-state index contributed by atoms with van der Waals surface area (Å²) in [5.41, 5.74) is 7.46. The average molecular weight is 279 g/mol. The van der Waals surface area contributed by atoms with Gasteiger partial charge in [0.1, 0.15) is 0 Å². The molecule has 102 valence electrons. The predicted molar refractivity (Wildman–Crippen MR) is 75.8 cm³/mol. The third kappa shape index (κ3) is 4.24. The summed E-state index contributed by atoms with van der Waals surface area (Å²) >= 11 is 0. The second kappa shape index (κ2) is 5.61. The molecule has 0 saturated heterocycles. The molecule has 2 rings (SSSR count). The van der Waals surface area contributed by atoms with Gasteiger partial charge in [-0.2, -0.15) is 13.1 Å². The molecule has 0 unspecified atom stereocenters. The van der Waals surface area contributed by atoms with Gasteiger partial charge >= 0.3 is 0 Å². The Kier molecular flexibility index (Phi) is 4.10. The van der Waals surface area contributed by atoms with Gasteiger partial charge < -0.3 is 5.73 Å². The maximum atomic E-state index is 11.9. The fourth-order valence-corrected chi connectivity index (χ4v) is 2.79. The third-order valence-electron chi connectivity index (χ3n) is 2.64. The van der Waals surface area contributed by atoms with Gasteiger partial charge in [-0.1, -0.05) is 17.9 Å². The van der Waals surface area contributed by atoms with E-state index >= 15 is 0 Å². The minimum atomic E-state index is -3.53. The smallest absolute Gasteiger partial charge is 0.299 e. The Morgan fingerprint density at radius 3 is 2.79 bits per heavy atom. The summed E-state index contributed by atoms with van der Waals surface area (Å²) in [6.45, 7) is 2.16. The summed E-state index contributed by atoms with van der Waals surface area (Å²) in [5, 5.41) is 0. The van der Waals surface area contributed by atoms with Crippen molar-refractivity contribution in [1.29, 1.82) is 0 Å². The highest BCUT2D eigenvalue weighted by Gasteiger charge is 2.27. The van der Waals surface area contributed by atoms with E-state index in [-0.39, 0.29) is 12.6 Å². The number of rotatable bonds is 4. The molecule has 0 aliphatic heterocycles. The molecule has 0 aromatic heterocycles. The summed E-state index contributed by atoms with van der Waals surface area (Å²) in [6, 6.07) is 5.45. The van der Waals surface area contributed by atoms with E-state index in [4.69, 9.17) is 5.73 Å². The predicted octanol–water partition coefficient (Wildman–Crippen LogP) is 0.714. The molecule has 0 spiro atoms. The molecule has 1 saturated carbocycles. The highest BCUT2D eigenvalue weighted by molar-refractivity contribution is 7.90. The second-order valence-electron chi connectivity index (χ2n) is 4.55. The molecule has 0 radical (unpaired) electrons. The standard InChI is InChI=1S/C13H17N3O2S/c1-10-4-7-13(11(9-10)3-2-8-14)16-19(17,18)15-12-5-6-12/h4,7,9,12,15-16H,5-6,8,14H2,1H3. The Labute approximate surface area is 113 Å². The maximum Gasteiger partial charge on any atom is 0.299 e. The zero-order valence-electron chi connectivity index (χ0n) is 10.7. The van der Waals surface area contributed by atoms with Crippen molar-refractivity contribution in [2.24, 2.45) is 5.73 Å². The molecule has 1 aromatic rings. The zero-order chi connectivity index (χ0) is 13.9. The minimum absolute atomic E-state index is 0.0709. The quantitative estimate of drug-likeness (QED) is 0.710. The summed E-state index contributed by atoms with van der Waals surface area (Å²) in [7, 11) is -3.53. The number of benzene rings is 1. The van der Waals surface area contributed by atoms with Crippen molar-refractivity contribution in [3.05, 3.63) is 29.3 Å². The highest BCUT2D eigenvalue weighted by atomic mass is 32.2. The number of nitrogens with one attached hydrogen (secondary N) is 2. The lowest BCUT2D eigenvalue weighted by atomic mass is 10.1. The van der Waals surface area contributed by atoms with Gasteiger partial charge in [-0.15, -0.1) is 0 Å². The number of hydrogen-bond acceptors (Lipinski definition) is 3. The van der Waals surface area contributed by atoms with Gasteiger partial charge in [0.15, 0.2) is 0 Å². The lowest BCUT2D eigenvalue weighted by molar-refractivity contribution is 0.586. The van der Waals surface area contributed by atoms with E-state index in [9.17, 15) is 8.42 Å². The Bertz CT molecular complexity index is 625. The van der Waals surface area contributed by atoms with E-state index in [1.165, 1.54) is 0 Å². The Morgan fingerprint density at radius 2 is 2.16 bits per heavy atom. The zero-order valence-corrected chi connectivity index (χ0v) is 11.5. The van der Waals surface area contributed by atoms with Crippen LogP contribution in [0.25, 0.3) is 0 Å². The highest BCUT2D eigenvalue weighted by Crippen LogP contribution is 2.22. The first-order valence-electron chi connectivity index (χ1n) is 6.10. The van der Waals surface area contributed by atoms with Gasteiger partial charge in [0, 0.05) is 11.6 Å². The topological polar surface area (TPSA) is 84.2 Å². The fourth-order valence-electron chi connectivity index (χ4n) is 1.59. The number of hydrogen-bond donors (Lipinski definition) is 3. The third-order valence-corrected chi connectivity index (χ3v) is 3.78. The molecular formula is C13H17N3O2S. The summed E-state index contributed by atoms with van der Waals surface area (Å²) in [4.78, 5) is 0. The molecule has 4 N–H and O–H groups in total. The molecule has 0 heterocycles. The van der Waals surface area contributed by atoms with Crippen LogP contribution in [0.2, 0.25) is 0 Å². The monoisotopic (exact) mass is 279 g/mol. The Balaban J connectivity index is 2.23. The number of nitrogens with two attached hydrogens (primary N) is 1. The molecule has 0 bridgehead atoms. The fraction of sp³-hybridized carbons (Fsp3) is 0.385. The van der Waals surface area contributed by atoms with E-state index in [0.29, 0.717) is 11.3 Å². The summed E-state index contributed by atoms with van der Waals surface area (Å²) in [5.74, 6) is 5.61. The molecule has 19 heavy (non-hydrogen) atoms. The SMILES string of the molecule is Cc1ccc(NS(=O)(=O)NC2CC2)c(C#CCN)c1. The number of aryl methyl sites for hydroxylation is 1. The average Bonchev–Trinajstić information content (AvgIpc) is 3.12. The Morgan fingerprint density at radius 1 is 1.42 bits per heavy atom. The Hall–Kier alpha value is -1.55. The van der Waals surface area contributed by atoms with Crippen molar-refractivity contribution in [2.75, 3.05) is 11.3 Å². The van der Waals surface area contributed by atoms with Crippen LogP contribution < -0.4 is 15.2 Å².